The number of carbonyl (C=O) groups is 1. The molecule has 3 aromatic rings. The third-order valence-electron chi connectivity index (χ3n) is 3.41. The van der Waals surface area contributed by atoms with Gasteiger partial charge < -0.3 is 9.73 Å². The maximum atomic E-state index is 12.8. The summed E-state index contributed by atoms with van der Waals surface area (Å²) in [6.45, 7) is 0.401. The Morgan fingerprint density at radius 2 is 1.87 bits per heavy atom. The Hall–Kier alpha value is -2.95. The van der Waals surface area contributed by atoms with E-state index in [4.69, 9.17) is 4.42 Å². The number of rotatable bonds is 5. The number of furan rings is 1. The predicted molar refractivity (Wildman–Crippen MR) is 83.9 cm³/mol. The third-order valence-corrected chi connectivity index (χ3v) is 3.41. The Bertz CT molecular complexity index is 766. The van der Waals surface area contributed by atoms with Crippen molar-refractivity contribution in [3.05, 3.63) is 78.1 Å². The van der Waals surface area contributed by atoms with Crippen LogP contribution in [-0.4, -0.2) is 10.9 Å². The average molecular weight is 310 g/mol. The van der Waals surface area contributed by atoms with Gasteiger partial charge in [-0.2, -0.15) is 0 Å². The first-order valence-corrected chi connectivity index (χ1v) is 7.19. The Balaban J connectivity index is 1.53. The van der Waals surface area contributed by atoms with Crippen molar-refractivity contribution in [1.29, 1.82) is 0 Å². The fourth-order valence-corrected chi connectivity index (χ4v) is 2.16. The quantitative estimate of drug-likeness (QED) is 0.786. The van der Waals surface area contributed by atoms with Crippen LogP contribution in [-0.2, 0) is 17.8 Å². The summed E-state index contributed by atoms with van der Waals surface area (Å²) in [5, 5.41) is 2.83. The van der Waals surface area contributed by atoms with Gasteiger partial charge in [-0.3, -0.25) is 9.78 Å². The summed E-state index contributed by atoms with van der Waals surface area (Å²) >= 11 is 0. The lowest BCUT2D eigenvalue weighted by molar-refractivity contribution is -0.120. The second-order valence-corrected chi connectivity index (χ2v) is 5.14. The third kappa shape index (κ3) is 4.03. The molecule has 0 aliphatic carbocycles. The fraction of sp³-hybridized carbons (Fsp3) is 0.111. The normalized spacial score (nSPS) is 10.5. The Kier molecular flexibility index (Phi) is 4.47. The van der Waals surface area contributed by atoms with Crippen LogP contribution >= 0.6 is 0 Å². The van der Waals surface area contributed by atoms with Gasteiger partial charge >= 0.3 is 0 Å². The molecular weight excluding hydrogens is 295 g/mol. The van der Waals surface area contributed by atoms with Crippen LogP contribution < -0.4 is 5.32 Å². The average Bonchev–Trinajstić information content (AvgIpc) is 3.10. The second kappa shape index (κ2) is 6.87. The molecule has 0 atom stereocenters. The van der Waals surface area contributed by atoms with E-state index >= 15 is 0 Å². The zero-order valence-electron chi connectivity index (χ0n) is 12.3. The molecule has 0 saturated heterocycles. The Morgan fingerprint density at radius 1 is 1.09 bits per heavy atom. The number of hydrogen-bond donors (Lipinski definition) is 1. The van der Waals surface area contributed by atoms with Gasteiger partial charge in [0.2, 0.25) is 5.91 Å². The van der Waals surface area contributed by atoms with Crippen molar-refractivity contribution in [3.8, 4) is 11.3 Å². The van der Waals surface area contributed by atoms with Gasteiger partial charge in [0, 0.05) is 18.3 Å². The van der Waals surface area contributed by atoms with E-state index in [0.717, 1.165) is 22.4 Å². The number of pyridine rings is 1. The largest absolute Gasteiger partial charge is 0.472 e. The molecule has 2 heterocycles. The van der Waals surface area contributed by atoms with Crippen molar-refractivity contribution in [2.75, 3.05) is 0 Å². The predicted octanol–water partition coefficient (Wildman–Crippen LogP) is 3.34. The number of carbonyl (C=O) groups excluding carboxylic acids is 1. The molecular formula is C18H15FN2O2. The smallest absolute Gasteiger partial charge is 0.224 e. The molecule has 4 nitrogen and oxygen atoms in total. The highest BCUT2D eigenvalue weighted by Gasteiger charge is 2.05. The Labute approximate surface area is 133 Å². The molecule has 0 aliphatic rings. The van der Waals surface area contributed by atoms with Crippen LogP contribution in [0.25, 0.3) is 11.3 Å². The lowest BCUT2D eigenvalue weighted by Gasteiger charge is -2.06. The number of halogens is 1. The SMILES string of the molecule is O=C(Cc1ccc(F)cc1)NCc1ccc(-c2ccoc2)nc1. The summed E-state index contributed by atoms with van der Waals surface area (Å²) in [5.41, 5.74) is 3.42. The van der Waals surface area contributed by atoms with Crippen LogP contribution in [0, 0.1) is 5.82 Å². The molecule has 0 radical (unpaired) electrons. The standard InChI is InChI=1S/C18H15FN2O2/c19-16-4-1-13(2-5-16)9-18(22)21-11-14-3-6-17(20-10-14)15-7-8-23-12-15/h1-8,10,12H,9,11H2,(H,21,22). The zero-order valence-corrected chi connectivity index (χ0v) is 12.3. The van der Waals surface area contributed by atoms with E-state index < -0.39 is 0 Å². The maximum absolute atomic E-state index is 12.8. The number of nitrogens with zero attached hydrogens (tertiary/aromatic N) is 1. The van der Waals surface area contributed by atoms with Crippen molar-refractivity contribution < 1.29 is 13.6 Å². The van der Waals surface area contributed by atoms with Crippen molar-refractivity contribution in [3.63, 3.8) is 0 Å². The van der Waals surface area contributed by atoms with Crippen molar-refractivity contribution in [2.45, 2.75) is 13.0 Å². The summed E-state index contributed by atoms with van der Waals surface area (Å²) in [7, 11) is 0. The van der Waals surface area contributed by atoms with E-state index in [1.165, 1.54) is 12.1 Å². The van der Waals surface area contributed by atoms with Crippen LogP contribution in [0.15, 0.2) is 65.6 Å². The summed E-state index contributed by atoms with van der Waals surface area (Å²) in [6, 6.07) is 11.5. The summed E-state index contributed by atoms with van der Waals surface area (Å²) in [4.78, 5) is 16.2. The Morgan fingerprint density at radius 3 is 2.52 bits per heavy atom. The fourth-order valence-electron chi connectivity index (χ4n) is 2.16. The van der Waals surface area contributed by atoms with E-state index in [-0.39, 0.29) is 18.1 Å². The lowest BCUT2D eigenvalue weighted by Crippen LogP contribution is -2.24. The molecule has 116 valence electrons. The molecule has 0 fully saturated rings. The van der Waals surface area contributed by atoms with Gasteiger partial charge in [-0.25, -0.2) is 4.39 Å². The van der Waals surface area contributed by atoms with Crippen LogP contribution in [0.5, 0.6) is 0 Å². The highest BCUT2D eigenvalue weighted by atomic mass is 19.1. The van der Waals surface area contributed by atoms with Crippen LogP contribution in [0.3, 0.4) is 0 Å². The van der Waals surface area contributed by atoms with Crippen LogP contribution in [0.2, 0.25) is 0 Å². The highest BCUT2D eigenvalue weighted by molar-refractivity contribution is 5.78. The molecule has 0 spiro atoms. The van der Waals surface area contributed by atoms with Crippen LogP contribution in [0.4, 0.5) is 4.39 Å². The van der Waals surface area contributed by atoms with E-state index in [1.807, 2.05) is 18.2 Å². The zero-order chi connectivity index (χ0) is 16.1. The highest BCUT2D eigenvalue weighted by Crippen LogP contribution is 2.17. The lowest BCUT2D eigenvalue weighted by atomic mass is 10.1. The number of aromatic nitrogens is 1. The molecule has 0 bridgehead atoms. The topological polar surface area (TPSA) is 55.1 Å². The summed E-state index contributed by atoms with van der Waals surface area (Å²) in [5.74, 6) is -0.423. The molecule has 1 amide bonds. The molecule has 23 heavy (non-hydrogen) atoms. The minimum Gasteiger partial charge on any atom is -0.472 e. The van der Waals surface area contributed by atoms with Crippen molar-refractivity contribution in [1.82, 2.24) is 10.3 Å². The minimum absolute atomic E-state index is 0.115. The van der Waals surface area contributed by atoms with Gasteiger partial charge in [0.15, 0.2) is 0 Å². The first kappa shape index (κ1) is 15.0. The molecule has 2 aromatic heterocycles. The molecule has 0 aliphatic heterocycles. The second-order valence-electron chi connectivity index (χ2n) is 5.14. The molecule has 1 aromatic carbocycles. The molecule has 1 N–H and O–H groups in total. The van der Waals surface area contributed by atoms with Gasteiger partial charge in [0.25, 0.3) is 0 Å². The van der Waals surface area contributed by atoms with E-state index in [2.05, 4.69) is 10.3 Å². The van der Waals surface area contributed by atoms with Gasteiger partial charge in [-0.15, -0.1) is 0 Å². The summed E-state index contributed by atoms with van der Waals surface area (Å²) in [6.07, 6.45) is 5.17. The van der Waals surface area contributed by atoms with Crippen molar-refractivity contribution in [2.24, 2.45) is 0 Å². The van der Waals surface area contributed by atoms with Gasteiger partial charge in [0.1, 0.15) is 5.82 Å². The number of benzene rings is 1. The van der Waals surface area contributed by atoms with E-state index in [9.17, 15) is 9.18 Å². The molecule has 0 saturated carbocycles. The van der Waals surface area contributed by atoms with E-state index in [1.54, 1.807) is 30.9 Å². The number of hydrogen-bond acceptors (Lipinski definition) is 3. The maximum Gasteiger partial charge on any atom is 0.224 e. The number of nitrogens with one attached hydrogen (secondary N) is 1. The van der Waals surface area contributed by atoms with Crippen LogP contribution in [0.1, 0.15) is 11.1 Å². The van der Waals surface area contributed by atoms with E-state index in [0.29, 0.717) is 6.54 Å². The molecule has 5 heteroatoms. The monoisotopic (exact) mass is 310 g/mol. The first-order chi connectivity index (χ1) is 11.2. The first-order valence-electron chi connectivity index (χ1n) is 7.19. The van der Waals surface area contributed by atoms with Gasteiger partial charge in [-0.1, -0.05) is 18.2 Å². The van der Waals surface area contributed by atoms with Gasteiger partial charge in [0.05, 0.1) is 24.6 Å². The van der Waals surface area contributed by atoms with Gasteiger partial charge in [-0.05, 0) is 35.4 Å². The number of amides is 1. The van der Waals surface area contributed by atoms with Crippen molar-refractivity contribution >= 4 is 5.91 Å². The summed E-state index contributed by atoms with van der Waals surface area (Å²) < 4.78 is 17.8. The minimum atomic E-state index is -0.307. The molecule has 0 unspecified atom stereocenters. The molecule has 3 rings (SSSR count).